The Labute approximate surface area is 115 Å². The van der Waals surface area contributed by atoms with Gasteiger partial charge >= 0.3 is 0 Å². The molecule has 6 heteroatoms. The molecule has 0 aliphatic rings. The predicted octanol–water partition coefficient (Wildman–Crippen LogP) is 2.12. The Morgan fingerprint density at radius 3 is 2.90 bits per heavy atom. The Bertz CT molecular complexity index is 756. The molecule has 20 heavy (non-hydrogen) atoms. The standard InChI is InChI=1S/C14H12N6/c15-7-4-8-16-13-9-12(11-5-2-1-3-6-11)19-14-17-10-18-20(13)14/h1-3,5-6,9-10,16H,4,8H2. The van der Waals surface area contributed by atoms with Gasteiger partial charge in [0.05, 0.1) is 18.2 Å². The summed E-state index contributed by atoms with van der Waals surface area (Å²) >= 11 is 0. The van der Waals surface area contributed by atoms with Gasteiger partial charge in [-0.25, -0.2) is 4.98 Å². The van der Waals surface area contributed by atoms with Crippen molar-refractivity contribution in [1.29, 1.82) is 5.26 Å². The summed E-state index contributed by atoms with van der Waals surface area (Å²) < 4.78 is 1.63. The number of nitrogens with zero attached hydrogens (tertiary/aromatic N) is 5. The molecule has 1 N–H and O–H groups in total. The first kappa shape index (κ1) is 12.1. The van der Waals surface area contributed by atoms with Gasteiger partial charge in [-0.1, -0.05) is 30.3 Å². The fourth-order valence-corrected chi connectivity index (χ4v) is 1.94. The van der Waals surface area contributed by atoms with Crippen LogP contribution < -0.4 is 5.32 Å². The van der Waals surface area contributed by atoms with E-state index in [0.29, 0.717) is 18.7 Å². The van der Waals surface area contributed by atoms with Crippen LogP contribution >= 0.6 is 0 Å². The minimum atomic E-state index is 0.430. The molecular weight excluding hydrogens is 252 g/mol. The minimum absolute atomic E-state index is 0.430. The van der Waals surface area contributed by atoms with Gasteiger partial charge in [0.15, 0.2) is 0 Å². The van der Waals surface area contributed by atoms with Gasteiger partial charge in [0, 0.05) is 18.2 Å². The molecule has 0 aliphatic heterocycles. The molecule has 0 atom stereocenters. The summed E-state index contributed by atoms with van der Waals surface area (Å²) in [6.07, 6.45) is 1.89. The van der Waals surface area contributed by atoms with Crippen LogP contribution in [0.2, 0.25) is 0 Å². The first-order valence-corrected chi connectivity index (χ1v) is 6.25. The summed E-state index contributed by atoms with van der Waals surface area (Å²) in [6.45, 7) is 0.559. The first-order chi connectivity index (χ1) is 9.88. The second-order valence-electron chi connectivity index (χ2n) is 4.20. The van der Waals surface area contributed by atoms with Gasteiger partial charge in [-0.05, 0) is 0 Å². The number of aromatic nitrogens is 4. The largest absolute Gasteiger partial charge is 0.369 e. The summed E-state index contributed by atoms with van der Waals surface area (Å²) in [5, 5.41) is 15.9. The van der Waals surface area contributed by atoms with Crippen molar-refractivity contribution in [3.8, 4) is 17.3 Å². The van der Waals surface area contributed by atoms with E-state index >= 15 is 0 Å². The van der Waals surface area contributed by atoms with Crippen LogP contribution in [0.5, 0.6) is 0 Å². The van der Waals surface area contributed by atoms with Gasteiger partial charge in [0.1, 0.15) is 12.1 Å². The van der Waals surface area contributed by atoms with Crippen molar-refractivity contribution in [2.24, 2.45) is 0 Å². The molecule has 0 radical (unpaired) electrons. The summed E-state index contributed by atoms with van der Waals surface area (Å²) in [7, 11) is 0. The van der Waals surface area contributed by atoms with Crippen LogP contribution in [0.3, 0.4) is 0 Å². The van der Waals surface area contributed by atoms with E-state index in [-0.39, 0.29) is 0 Å². The van der Waals surface area contributed by atoms with E-state index in [9.17, 15) is 0 Å². The summed E-state index contributed by atoms with van der Waals surface area (Å²) in [5.74, 6) is 1.31. The first-order valence-electron chi connectivity index (χ1n) is 6.25. The highest BCUT2D eigenvalue weighted by Crippen LogP contribution is 2.20. The lowest BCUT2D eigenvalue weighted by Crippen LogP contribution is -2.07. The Hall–Kier alpha value is -2.94. The summed E-state index contributed by atoms with van der Waals surface area (Å²) in [4.78, 5) is 8.61. The maximum absolute atomic E-state index is 8.61. The van der Waals surface area contributed by atoms with E-state index in [1.165, 1.54) is 6.33 Å². The molecule has 2 aromatic heterocycles. The van der Waals surface area contributed by atoms with E-state index in [2.05, 4.69) is 26.5 Å². The molecule has 0 saturated carbocycles. The molecule has 2 heterocycles. The molecule has 0 amide bonds. The molecule has 3 rings (SSSR count). The van der Waals surface area contributed by atoms with E-state index in [4.69, 9.17) is 5.26 Å². The highest BCUT2D eigenvalue weighted by atomic mass is 15.3. The third-order valence-corrected chi connectivity index (χ3v) is 2.86. The number of hydrogen-bond donors (Lipinski definition) is 1. The van der Waals surface area contributed by atoms with Gasteiger partial charge in [0.2, 0.25) is 0 Å². The fourth-order valence-electron chi connectivity index (χ4n) is 1.94. The van der Waals surface area contributed by atoms with E-state index in [1.54, 1.807) is 4.52 Å². The highest BCUT2D eigenvalue weighted by molar-refractivity contribution is 5.65. The lowest BCUT2D eigenvalue weighted by molar-refractivity contribution is 0.923. The van der Waals surface area contributed by atoms with Crippen molar-refractivity contribution < 1.29 is 0 Å². The van der Waals surface area contributed by atoms with Crippen LogP contribution in [0.4, 0.5) is 5.82 Å². The fraction of sp³-hybridized carbons (Fsp3) is 0.143. The lowest BCUT2D eigenvalue weighted by Gasteiger charge is -2.08. The lowest BCUT2D eigenvalue weighted by atomic mass is 10.1. The van der Waals surface area contributed by atoms with Crippen LogP contribution in [0.1, 0.15) is 6.42 Å². The Morgan fingerprint density at radius 2 is 2.10 bits per heavy atom. The molecular formula is C14H12N6. The van der Waals surface area contributed by atoms with Crippen molar-refractivity contribution >= 4 is 11.6 Å². The second-order valence-corrected chi connectivity index (χ2v) is 4.20. The third kappa shape index (κ3) is 2.29. The zero-order chi connectivity index (χ0) is 13.8. The van der Waals surface area contributed by atoms with Crippen LogP contribution in [0.15, 0.2) is 42.7 Å². The Balaban J connectivity index is 2.04. The zero-order valence-corrected chi connectivity index (χ0v) is 10.7. The Morgan fingerprint density at radius 1 is 1.25 bits per heavy atom. The average molecular weight is 264 g/mol. The maximum Gasteiger partial charge on any atom is 0.254 e. The van der Waals surface area contributed by atoms with Crippen molar-refractivity contribution in [3.05, 3.63) is 42.7 Å². The van der Waals surface area contributed by atoms with E-state index in [0.717, 1.165) is 17.1 Å². The molecule has 0 unspecified atom stereocenters. The maximum atomic E-state index is 8.61. The molecule has 1 aromatic carbocycles. The average Bonchev–Trinajstić information content (AvgIpc) is 2.97. The zero-order valence-electron chi connectivity index (χ0n) is 10.7. The van der Waals surface area contributed by atoms with Gasteiger partial charge in [0.25, 0.3) is 5.78 Å². The van der Waals surface area contributed by atoms with Crippen molar-refractivity contribution in [2.45, 2.75) is 6.42 Å². The molecule has 0 fully saturated rings. The van der Waals surface area contributed by atoms with E-state index < -0.39 is 0 Å². The van der Waals surface area contributed by atoms with Gasteiger partial charge < -0.3 is 5.32 Å². The van der Waals surface area contributed by atoms with E-state index in [1.807, 2.05) is 36.4 Å². The van der Waals surface area contributed by atoms with Gasteiger partial charge in [-0.15, -0.1) is 0 Å². The highest BCUT2D eigenvalue weighted by Gasteiger charge is 2.08. The molecule has 3 aromatic rings. The number of anilines is 1. The third-order valence-electron chi connectivity index (χ3n) is 2.86. The smallest absolute Gasteiger partial charge is 0.254 e. The van der Waals surface area contributed by atoms with Crippen molar-refractivity contribution in [1.82, 2.24) is 19.6 Å². The van der Waals surface area contributed by atoms with Crippen molar-refractivity contribution in [3.63, 3.8) is 0 Å². The Kier molecular flexibility index (Phi) is 3.25. The number of rotatable bonds is 4. The summed E-state index contributed by atoms with van der Waals surface area (Å²) in [6, 6.07) is 13.9. The van der Waals surface area contributed by atoms with Gasteiger partial charge in [-0.3, -0.25) is 0 Å². The van der Waals surface area contributed by atoms with Crippen molar-refractivity contribution in [2.75, 3.05) is 11.9 Å². The number of nitrogens with one attached hydrogen (secondary N) is 1. The van der Waals surface area contributed by atoms with Gasteiger partial charge in [-0.2, -0.15) is 19.9 Å². The number of nitriles is 1. The minimum Gasteiger partial charge on any atom is -0.369 e. The molecule has 0 aliphatic carbocycles. The van der Waals surface area contributed by atoms with Crippen LogP contribution in [0, 0.1) is 11.3 Å². The van der Waals surface area contributed by atoms with Crippen LogP contribution in [-0.4, -0.2) is 26.1 Å². The normalized spacial score (nSPS) is 10.3. The van der Waals surface area contributed by atoms with Crippen LogP contribution in [-0.2, 0) is 0 Å². The monoisotopic (exact) mass is 264 g/mol. The number of fused-ring (bicyclic) bond motifs is 1. The predicted molar refractivity (Wildman–Crippen MR) is 74.9 cm³/mol. The SMILES string of the molecule is N#CCCNc1cc(-c2ccccc2)nc2ncnn12. The molecule has 0 saturated heterocycles. The summed E-state index contributed by atoms with van der Waals surface area (Å²) in [5.41, 5.74) is 1.84. The molecule has 6 nitrogen and oxygen atoms in total. The topological polar surface area (TPSA) is 78.9 Å². The molecule has 0 spiro atoms. The van der Waals surface area contributed by atoms with Crippen LogP contribution in [0.25, 0.3) is 17.0 Å². The molecule has 0 bridgehead atoms. The second kappa shape index (κ2) is 5.36. The quantitative estimate of drug-likeness (QED) is 0.730. The molecule has 98 valence electrons. The number of benzene rings is 1. The number of hydrogen-bond acceptors (Lipinski definition) is 5.